The van der Waals surface area contributed by atoms with E-state index >= 15 is 0 Å². The highest BCUT2D eigenvalue weighted by atomic mass is 16.5. The highest BCUT2D eigenvalue weighted by Gasteiger charge is 2.50. The van der Waals surface area contributed by atoms with E-state index in [0.29, 0.717) is 12.0 Å². The number of allylic oxidation sites excluding steroid dienone is 1. The zero-order valence-electron chi connectivity index (χ0n) is 27.8. The zero-order valence-corrected chi connectivity index (χ0v) is 27.8. The molecule has 4 aromatic rings. The lowest BCUT2D eigenvalue weighted by Gasteiger charge is -2.53. The molecule has 9 unspecified atom stereocenters. The molecule has 6 heterocycles. The van der Waals surface area contributed by atoms with Crippen molar-refractivity contribution in [1.82, 2.24) is 19.8 Å². The second kappa shape index (κ2) is 10.8. The van der Waals surface area contributed by atoms with Crippen LogP contribution in [0.1, 0.15) is 79.4 Å². The molecule has 9 atom stereocenters. The number of piperidine rings is 3. The number of likely N-dealkylation sites (N-methyl/N-ethyl adjacent to an activating group) is 1. The normalized spacial score (nSPS) is 34.6. The second-order valence-electron chi connectivity index (χ2n) is 15.2. The summed E-state index contributed by atoms with van der Waals surface area (Å²) in [7, 11) is 3.74. The first-order valence-electron chi connectivity index (χ1n) is 17.9. The summed E-state index contributed by atoms with van der Waals surface area (Å²) in [5.74, 6) is 2.31. The van der Waals surface area contributed by atoms with E-state index in [1.807, 2.05) is 0 Å². The molecule has 240 valence electrons. The number of rotatable bonds is 3. The number of likely N-dealkylation sites (tertiary alicyclic amines) is 1. The molecule has 2 aromatic heterocycles. The van der Waals surface area contributed by atoms with Crippen molar-refractivity contribution in [3.8, 4) is 0 Å². The molecule has 0 spiro atoms. The number of para-hydroxylation sites is 1. The Kier molecular flexibility index (Phi) is 6.80. The number of esters is 1. The number of hydrogen-bond donors (Lipinski definition) is 2. The third-order valence-electron chi connectivity index (χ3n) is 13.2. The van der Waals surface area contributed by atoms with E-state index in [9.17, 15) is 4.79 Å². The standard InChI is InChI=1S/C40H48N4O2/c1-5-23-15-22-16-32-37-27(13-14-44(20-22)39(23)32)30-17-25(11-12-34(30)42-37)29-18-28-24(6-2)21-43(3)35(36(28)40(45)46-4)19-31-26-9-7-8-10-33(26)41-38(29)31/h6-12,17,22-23,28-29,32,35-36,39,41-42H,5,13-16,18-21H2,1-4H3/b24-6+. The van der Waals surface area contributed by atoms with Gasteiger partial charge in [-0.15, -0.1) is 0 Å². The van der Waals surface area contributed by atoms with Crippen LogP contribution in [0.25, 0.3) is 21.8 Å². The second-order valence-corrected chi connectivity index (χ2v) is 15.2. The predicted octanol–water partition coefficient (Wildman–Crippen LogP) is 7.15. The number of methoxy groups -OCH3 is 1. The summed E-state index contributed by atoms with van der Waals surface area (Å²) in [6.45, 7) is 7.91. The maximum atomic E-state index is 13.6. The number of carbonyl (C=O) groups excluding carboxylic acids is 1. The summed E-state index contributed by atoms with van der Waals surface area (Å²) in [6, 6.07) is 16.8. The van der Waals surface area contributed by atoms with Gasteiger partial charge in [-0.25, -0.2) is 0 Å². The van der Waals surface area contributed by atoms with Gasteiger partial charge in [-0.3, -0.25) is 14.6 Å². The van der Waals surface area contributed by atoms with E-state index in [0.717, 1.165) is 37.6 Å². The van der Waals surface area contributed by atoms with E-state index < -0.39 is 0 Å². The summed E-state index contributed by atoms with van der Waals surface area (Å²) in [4.78, 5) is 26.8. The molecule has 10 rings (SSSR count). The molecule has 4 fully saturated rings. The quantitative estimate of drug-likeness (QED) is 0.190. The summed E-state index contributed by atoms with van der Waals surface area (Å²) >= 11 is 0. The van der Waals surface area contributed by atoms with Crippen molar-refractivity contribution < 1.29 is 9.53 Å². The Morgan fingerprint density at radius 3 is 2.65 bits per heavy atom. The summed E-state index contributed by atoms with van der Waals surface area (Å²) in [6.07, 6.45) is 9.16. The molecule has 1 saturated carbocycles. The Morgan fingerprint density at radius 2 is 1.83 bits per heavy atom. The molecule has 2 aromatic carbocycles. The molecule has 3 saturated heterocycles. The van der Waals surface area contributed by atoms with Crippen molar-refractivity contribution >= 4 is 27.8 Å². The van der Waals surface area contributed by atoms with Crippen molar-refractivity contribution in [2.45, 2.75) is 76.3 Å². The number of ether oxygens (including phenoxy) is 1. The molecule has 0 radical (unpaired) electrons. The summed E-state index contributed by atoms with van der Waals surface area (Å²) in [5, 5.41) is 2.70. The fourth-order valence-corrected chi connectivity index (χ4v) is 11.2. The van der Waals surface area contributed by atoms with Crippen molar-refractivity contribution in [2.75, 3.05) is 33.8 Å². The van der Waals surface area contributed by atoms with Crippen LogP contribution in [0.15, 0.2) is 54.1 Å². The van der Waals surface area contributed by atoms with Crippen LogP contribution in [-0.4, -0.2) is 71.6 Å². The van der Waals surface area contributed by atoms with Gasteiger partial charge in [0, 0.05) is 76.7 Å². The van der Waals surface area contributed by atoms with Gasteiger partial charge >= 0.3 is 5.97 Å². The highest BCUT2D eigenvalue weighted by Crippen LogP contribution is 2.52. The molecule has 0 amide bonds. The smallest absolute Gasteiger partial charge is 0.310 e. The molecular formula is C40H48N4O2. The van der Waals surface area contributed by atoms with Crippen molar-refractivity contribution in [1.29, 1.82) is 0 Å². The van der Waals surface area contributed by atoms with Crippen molar-refractivity contribution in [3.05, 3.63) is 82.2 Å². The number of aromatic amines is 2. The molecule has 2 aliphatic carbocycles. The van der Waals surface area contributed by atoms with Crippen LogP contribution in [0, 0.1) is 23.7 Å². The molecule has 2 N–H and O–H groups in total. The fourth-order valence-electron chi connectivity index (χ4n) is 11.2. The van der Waals surface area contributed by atoms with Crippen molar-refractivity contribution in [3.63, 3.8) is 0 Å². The Bertz CT molecular complexity index is 1870. The van der Waals surface area contributed by atoms with Gasteiger partial charge in [-0.05, 0) is 98.7 Å². The minimum Gasteiger partial charge on any atom is -0.469 e. The number of nitrogens with one attached hydrogen (secondary N) is 2. The lowest BCUT2D eigenvalue weighted by Crippen LogP contribution is -2.56. The predicted molar refractivity (Wildman–Crippen MR) is 184 cm³/mol. The average molecular weight is 617 g/mol. The molecular weight excluding hydrogens is 568 g/mol. The number of carbonyl (C=O) groups is 1. The Morgan fingerprint density at radius 1 is 1.00 bits per heavy atom. The van der Waals surface area contributed by atoms with E-state index in [1.54, 1.807) is 12.7 Å². The first kappa shape index (κ1) is 28.8. The summed E-state index contributed by atoms with van der Waals surface area (Å²) < 4.78 is 5.55. The lowest BCUT2D eigenvalue weighted by molar-refractivity contribution is -0.151. The number of aromatic nitrogens is 2. The van der Waals surface area contributed by atoms with Crippen LogP contribution in [0.4, 0.5) is 0 Å². The number of fused-ring (bicyclic) bond motifs is 9. The topological polar surface area (TPSA) is 64.4 Å². The number of H-pyrrole nitrogens is 2. The van der Waals surface area contributed by atoms with E-state index in [-0.39, 0.29) is 29.8 Å². The number of benzene rings is 2. The average Bonchev–Trinajstić information content (AvgIpc) is 3.60. The van der Waals surface area contributed by atoms with Crippen molar-refractivity contribution in [2.24, 2.45) is 23.7 Å². The maximum absolute atomic E-state index is 13.6. The molecule has 46 heavy (non-hydrogen) atoms. The molecule has 4 aliphatic heterocycles. The molecule has 6 heteroatoms. The Hall–Kier alpha value is -3.35. The largest absolute Gasteiger partial charge is 0.469 e. The van der Waals surface area contributed by atoms with Crippen LogP contribution < -0.4 is 0 Å². The number of nitrogens with zero attached hydrogens (tertiary/aromatic N) is 2. The Labute approximate surface area is 272 Å². The first-order valence-corrected chi connectivity index (χ1v) is 17.9. The minimum absolute atomic E-state index is 0.0739. The third-order valence-corrected chi connectivity index (χ3v) is 13.2. The Balaban J connectivity index is 1.20. The van der Waals surface area contributed by atoms with E-state index in [2.05, 4.69) is 89.2 Å². The fraction of sp³-hybridized carbons (Fsp3) is 0.525. The van der Waals surface area contributed by atoms with Crippen LogP contribution >= 0.6 is 0 Å². The van der Waals surface area contributed by atoms with Gasteiger partial charge in [-0.1, -0.05) is 49.3 Å². The molecule has 6 bridgehead atoms. The maximum Gasteiger partial charge on any atom is 0.310 e. The third kappa shape index (κ3) is 4.18. The van der Waals surface area contributed by atoms with Gasteiger partial charge in [0.15, 0.2) is 0 Å². The van der Waals surface area contributed by atoms with Crippen LogP contribution in [0.3, 0.4) is 0 Å². The summed E-state index contributed by atoms with van der Waals surface area (Å²) in [5.41, 5.74) is 11.0. The lowest BCUT2D eigenvalue weighted by atomic mass is 9.65. The van der Waals surface area contributed by atoms with Crippen LogP contribution in [0.5, 0.6) is 0 Å². The van der Waals surface area contributed by atoms with Gasteiger partial charge in [0.2, 0.25) is 0 Å². The SMILES string of the molecule is C/C=C1\CN(C)C2Cc3c([nH]c4ccccc34)C(c3ccc4[nH]c5c(c4c3)CCN3CC4CC(CC)C3C5C4)CC1C2C(=O)OC. The van der Waals surface area contributed by atoms with Gasteiger partial charge in [-0.2, -0.15) is 0 Å². The number of hydrogen-bond acceptors (Lipinski definition) is 4. The monoisotopic (exact) mass is 616 g/mol. The van der Waals surface area contributed by atoms with Crippen LogP contribution in [0.2, 0.25) is 0 Å². The zero-order chi connectivity index (χ0) is 31.3. The van der Waals surface area contributed by atoms with Gasteiger partial charge in [0.05, 0.1) is 13.0 Å². The molecule has 6 aliphatic rings. The van der Waals surface area contributed by atoms with Crippen LogP contribution in [-0.2, 0) is 22.4 Å². The van der Waals surface area contributed by atoms with Gasteiger partial charge in [0.1, 0.15) is 0 Å². The minimum atomic E-state index is -0.193. The molecule has 6 nitrogen and oxygen atoms in total. The van der Waals surface area contributed by atoms with Gasteiger partial charge < -0.3 is 14.7 Å². The van der Waals surface area contributed by atoms with E-state index in [1.165, 1.54) is 82.2 Å². The van der Waals surface area contributed by atoms with Gasteiger partial charge in [0.25, 0.3) is 0 Å². The van der Waals surface area contributed by atoms with E-state index in [4.69, 9.17) is 4.74 Å². The first-order chi connectivity index (χ1) is 22.5. The highest BCUT2D eigenvalue weighted by molar-refractivity contribution is 5.88.